The fourth-order valence-corrected chi connectivity index (χ4v) is 4.35. The van der Waals surface area contributed by atoms with Crippen molar-refractivity contribution in [3.8, 4) is 23.0 Å². The summed E-state index contributed by atoms with van der Waals surface area (Å²) in [6, 6.07) is 12.2. The molecule has 0 aliphatic heterocycles. The van der Waals surface area contributed by atoms with E-state index in [1.165, 1.54) is 5.56 Å². The normalized spacial score (nSPS) is 14.0. The van der Waals surface area contributed by atoms with Gasteiger partial charge in [0.05, 0.1) is 33.9 Å². The van der Waals surface area contributed by atoms with Crippen LogP contribution in [0.15, 0.2) is 36.4 Å². The van der Waals surface area contributed by atoms with E-state index in [0.717, 1.165) is 30.6 Å². The zero-order valence-electron chi connectivity index (χ0n) is 21.3. The lowest BCUT2D eigenvalue weighted by atomic mass is 9.69. The maximum Gasteiger partial charge on any atom is 0.203 e. The van der Waals surface area contributed by atoms with E-state index in [2.05, 4.69) is 44.9 Å². The highest BCUT2D eigenvalue weighted by atomic mass is 16.5. The van der Waals surface area contributed by atoms with Crippen molar-refractivity contribution in [1.82, 2.24) is 4.90 Å². The van der Waals surface area contributed by atoms with Crippen LogP contribution in [0, 0.1) is 5.92 Å². The Labute approximate surface area is 198 Å². The Morgan fingerprint density at radius 3 is 2.06 bits per heavy atom. The van der Waals surface area contributed by atoms with Gasteiger partial charge in [-0.15, -0.1) is 0 Å². The second kappa shape index (κ2) is 11.9. The molecule has 0 spiro atoms. The van der Waals surface area contributed by atoms with Crippen LogP contribution in [0.2, 0.25) is 0 Å². The molecule has 2 rings (SSSR count). The van der Waals surface area contributed by atoms with E-state index in [0.29, 0.717) is 23.7 Å². The first-order valence-electron chi connectivity index (χ1n) is 11.4. The third-order valence-electron chi connectivity index (χ3n) is 6.78. The molecule has 2 atom stereocenters. The highest BCUT2D eigenvalue weighted by Crippen LogP contribution is 2.44. The predicted octanol–water partition coefficient (Wildman–Crippen LogP) is 5.29. The number of ether oxygens (including phenoxy) is 4. The molecule has 6 nitrogen and oxygen atoms in total. The van der Waals surface area contributed by atoms with E-state index in [9.17, 15) is 4.79 Å². The molecule has 0 saturated heterocycles. The minimum absolute atomic E-state index is 0.0962. The van der Waals surface area contributed by atoms with Crippen LogP contribution >= 0.6 is 0 Å². The summed E-state index contributed by atoms with van der Waals surface area (Å²) in [6.45, 7) is 7.20. The molecule has 6 heteroatoms. The third-order valence-corrected chi connectivity index (χ3v) is 6.78. The molecule has 0 saturated carbocycles. The second-order valence-corrected chi connectivity index (χ2v) is 8.76. The van der Waals surface area contributed by atoms with Gasteiger partial charge < -0.3 is 23.7 Å². The largest absolute Gasteiger partial charge is 0.497 e. The van der Waals surface area contributed by atoms with Crippen LogP contribution < -0.4 is 18.9 Å². The Bertz CT molecular complexity index is 888. The standard InChI is InChI=1S/C27H39NO5/c1-19(2)27(18-29,22-16-24(31-6)26(33-8)25(17-22)32-7)13-10-14-28(4)20(3)21-11-9-12-23(15-21)30-5/h9,11-12,15-20H,10,13-14H2,1-8H3. The van der Waals surface area contributed by atoms with Gasteiger partial charge in [-0.25, -0.2) is 0 Å². The minimum Gasteiger partial charge on any atom is -0.497 e. The topological polar surface area (TPSA) is 57.2 Å². The Kier molecular flexibility index (Phi) is 9.59. The van der Waals surface area contributed by atoms with E-state index in [1.807, 2.05) is 24.3 Å². The van der Waals surface area contributed by atoms with Crippen molar-refractivity contribution in [2.24, 2.45) is 5.92 Å². The van der Waals surface area contributed by atoms with Gasteiger partial charge in [0.25, 0.3) is 0 Å². The number of rotatable bonds is 13. The van der Waals surface area contributed by atoms with E-state index in [1.54, 1.807) is 28.4 Å². The predicted molar refractivity (Wildman–Crippen MR) is 132 cm³/mol. The molecule has 0 fully saturated rings. The van der Waals surface area contributed by atoms with Crippen molar-refractivity contribution in [3.63, 3.8) is 0 Å². The average Bonchev–Trinajstić information content (AvgIpc) is 2.84. The van der Waals surface area contributed by atoms with Gasteiger partial charge in [-0.1, -0.05) is 26.0 Å². The van der Waals surface area contributed by atoms with Crippen LogP contribution in [-0.4, -0.2) is 53.2 Å². The molecular weight excluding hydrogens is 418 g/mol. The van der Waals surface area contributed by atoms with E-state index in [-0.39, 0.29) is 12.0 Å². The molecule has 0 amide bonds. The van der Waals surface area contributed by atoms with Crippen molar-refractivity contribution in [2.75, 3.05) is 42.0 Å². The maximum absolute atomic E-state index is 12.6. The molecule has 0 aromatic heterocycles. The molecular formula is C27H39NO5. The van der Waals surface area contributed by atoms with Gasteiger partial charge in [-0.05, 0) is 74.7 Å². The van der Waals surface area contributed by atoms with Crippen molar-refractivity contribution < 1.29 is 23.7 Å². The summed E-state index contributed by atoms with van der Waals surface area (Å²) in [5.41, 5.74) is 1.42. The lowest BCUT2D eigenvalue weighted by molar-refractivity contribution is -0.114. The van der Waals surface area contributed by atoms with Gasteiger partial charge in [0, 0.05) is 6.04 Å². The first kappa shape index (κ1) is 26.5. The summed E-state index contributed by atoms with van der Waals surface area (Å²) >= 11 is 0. The fourth-order valence-electron chi connectivity index (χ4n) is 4.35. The van der Waals surface area contributed by atoms with Crippen LogP contribution in [-0.2, 0) is 10.2 Å². The highest BCUT2D eigenvalue weighted by Gasteiger charge is 2.37. The minimum atomic E-state index is -0.660. The number of hydrogen-bond acceptors (Lipinski definition) is 6. The summed E-state index contributed by atoms with van der Waals surface area (Å²) in [7, 11) is 8.56. The summed E-state index contributed by atoms with van der Waals surface area (Å²) in [5, 5.41) is 0. The molecule has 33 heavy (non-hydrogen) atoms. The molecule has 0 N–H and O–H groups in total. The quantitative estimate of drug-likeness (QED) is 0.381. The SMILES string of the molecule is COc1cccc(C(C)N(C)CCCC(C=O)(c2cc(OC)c(OC)c(OC)c2)C(C)C)c1. The molecule has 182 valence electrons. The first-order valence-corrected chi connectivity index (χ1v) is 11.4. The number of nitrogens with zero attached hydrogens (tertiary/aromatic N) is 1. The first-order chi connectivity index (χ1) is 15.8. The molecule has 2 aromatic carbocycles. The van der Waals surface area contributed by atoms with Crippen molar-refractivity contribution in [1.29, 1.82) is 0 Å². The lowest BCUT2D eigenvalue weighted by Crippen LogP contribution is -2.35. The van der Waals surface area contributed by atoms with Gasteiger partial charge >= 0.3 is 0 Å². The molecule has 0 aliphatic rings. The highest BCUT2D eigenvalue weighted by molar-refractivity contribution is 5.71. The third kappa shape index (κ3) is 5.80. The Morgan fingerprint density at radius 2 is 1.58 bits per heavy atom. The molecule has 0 radical (unpaired) electrons. The van der Waals surface area contributed by atoms with Crippen LogP contribution in [0.4, 0.5) is 0 Å². The van der Waals surface area contributed by atoms with Crippen LogP contribution in [0.1, 0.15) is 50.8 Å². The van der Waals surface area contributed by atoms with E-state index >= 15 is 0 Å². The smallest absolute Gasteiger partial charge is 0.203 e. The number of benzene rings is 2. The number of carbonyl (C=O) groups is 1. The van der Waals surface area contributed by atoms with Gasteiger partial charge in [0.2, 0.25) is 5.75 Å². The molecule has 2 aromatic rings. The number of hydrogen-bond donors (Lipinski definition) is 0. The Morgan fingerprint density at radius 1 is 0.939 bits per heavy atom. The zero-order valence-corrected chi connectivity index (χ0v) is 21.3. The number of carbonyl (C=O) groups excluding carboxylic acids is 1. The summed E-state index contributed by atoms with van der Waals surface area (Å²) in [5.74, 6) is 2.60. The molecule has 0 heterocycles. The zero-order chi connectivity index (χ0) is 24.6. The van der Waals surface area contributed by atoms with Gasteiger partial charge in [-0.3, -0.25) is 4.90 Å². The van der Waals surface area contributed by atoms with Gasteiger partial charge in [0.1, 0.15) is 12.0 Å². The summed E-state index contributed by atoms with van der Waals surface area (Å²) in [6.07, 6.45) is 2.66. The van der Waals surface area contributed by atoms with E-state index < -0.39 is 5.41 Å². The van der Waals surface area contributed by atoms with Gasteiger partial charge in [-0.2, -0.15) is 0 Å². The molecule has 2 unspecified atom stereocenters. The number of aldehydes is 1. The van der Waals surface area contributed by atoms with Crippen LogP contribution in [0.3, 0.4) is 0 Å². The Hall–Kier alpha value is -2.73. The lowest BCUT2D eigenvalue weighted by Gasteiger charge is -2.35. The molecule has 0 aliphatic carbocycles. The Balaban J connectivity index is 2.25. The summed E-state index contributed by atoms with van der Waals surface area (Å²) in [4.78, 5) is 14.9. The number of methoxy groups -OCH3 is 4. The average molecular weight is 458 g/mol. The summed E-state index contributed by atoms with van der Waals surface area (Å²) < 4.78 is 21.9. The molecule has 0 bridgehead atoms. The van der Waals surface area contributed by atoms with Gasteiger partial charge in [0.15, 0.2) is 11.5 Å². The second-order valence-electron chi connectivity index (χ2n) is 8.76. The van der Waals surface area contributed by atoms with E-state index in [4.69, 9.17) is 18.9 Å². The van der Waals surface area contributed by atoms with Crippen molar-refractivity contribution in [2.45, 2.75) is 45.1 Å². The maximum atomic E-state index is 12.6. The fraction of sp³-hybridized carbons (Fsp3) is 0.519. The van der Waals surface area contributed by atoms with Crippen LogP contribution in [0.25, 0.3) is 0 Å². The van der Waals surface area contributed by atoms with Crippen LogP contribution in [0.5, 0.6) is 23.0 Å². The monoisotopic (exact) mass is 457 g/mol. The van der Waals surface area contributed by atoms with Crippen molar-refractivity contribution >= 4 is 6.29 Å². The van der Waals surface area contributed by atoms with Crippen molar-refractivity contribution in [3.05, 3.63) is 47.5 Å².